The summed E-state index contributed by atoms with van der Waals surface area (Å²) in [4.78, 5) is 14.2. The van der Waals surface area contributed by atoms with Crippen molar-refractivity contribution in [3.8, 4) is 0 Å². The molecule has 0 atom stereocenters. The Morgan fingerprint density at radius 1 is 1.75 bits per heavy atom. The van der Waals surface area contributed by atoms with Gasteiger partial charge in [0.2, 0.25) is 0 Å². The lowest BCUT2D eigenvalue weighted by molar-refractivity contribution is 0.0949. The van der Waals surface area contributed by atoms with Crippen molar-refractivity contribution < 1.29 is 9.18 Å². The average Bonchev–Trinajstić information content (AvgIpc) is 2.08. The summed E-state index contributed by atoms with van der Waals surface area (Å²) in [6, 6.07) is 1.10. The van der Waals surface area contributed by atoms with E-state index in [2.05, 4.69) is 4.98 Å². The topological polar surface area (TPSA) is 68.0 Å². The maximum absolute atomic E-state index is 12.8. The molecule has 4 nitrogen and oxygen atoms in total. The molecule has 0 unspecified atom stereocenters. The van der Waals surface area contributed by atoms with Crippen LogP contribution in [-0.2, 0) is 0 Å². The van der Waals surface area contributed by atoms with Crippen LogP contribution in [0, 0.1) is 5.82 Å². The number of nitrogen functional groups attached to an aromatic ring is 1. The number of amides is 1. The minimum atomic E-state index is -0.762. The largest absolute Gasteiger partial charge is 0.290 e. The fraction of sp³-hybridized carbons (Fsp3) is 0. The number of rotatable bonds is 1. The molecule has 0 aromatic carbocycles. The smallest absolute Gasteiger partial charge is 0.268 e. The van der Waals surface area contributed by atoms with Gasteiger partial charge in [-0.15, -0.1) is 0 Å². The normalized spacial score (nSPS) is 9.58. The quantitative estimate of drug-likeness (QED) is 0.292. The third-order valence-electron chi connectivity index (χ3n) is 1.20. The van der Waals surface area contributed by atoms with Gasteiger partial charge in [0, 0.05) is 0 Å². The highest BCUT2D eigenvalue weighted by molar-refractivity contribution is 6.29. The summed E-state index contributed by atoms with van der Waals surface area (Å²) < 4.78 is 12.8. The Labute approximate surface area is 72.5 Å². The van der Waals surface area contributed by atoms with Crippen LogP contribution in [0.1, 0.15) is 10.4 Å². The summed E-state index contributed by atoms with van der Waals surface area (Å²) >= 11 is 5.42. The zero-order valence-electron chi connectivity index (χ0n) is 5.84. The molecule has 0 spiro atoms. The highest BCUT2D eigenvalue weighted by Gasteiger charge is 2.10. The summed E-state index contributed by atoms with van der Waals surface area (Å²) in [7, 11) is 0. The van der Waals surface area contributed by atoms with Crippen LogP contribution in [0.2, 0.25) is 5.15 Å². The number of nitrogens with two attached hydrogens (primary N) is 1. The van der Waals surface area contributed by atoms with E-state index in [9.17, 15) is 9.18 Å². The molecule has 0 bridgehead atoms. The predicted octanol–water partition coefficient (Wildman–Crippen LogP) is 0.478. The molecular formula is C6H5ClFN3O. The number of hydrogen-bond acceptors (Lipinski definition) is 3. The van der Waals surface area contributed by atoms with Crippen molar-refractivity contribution in [2.45, 2.75) is 0 Å². The Morgan fingerprint density at radius 3 is 3.00 bits per heavy atom. The first-order valence-corrected chi connectivity index (χ1v) is 3.35. The van der Waals surface area contributed by atoms with E-state index in [1.165, 1.54) is 0 Å². The first-order valence-electron chi connectivity index (χ1n) is 2.97. The van der Waals surface area contributed by atoms with Crippen molar-refractivity contribution in [1.29, 1.82) is 0 Å². The van der Waals surface area contributed by atoms with Gasteiger partial charge in [-0.25, -0.2) is 15.2 Å². The Balaban J connectivity index is 3.13. The third-order valence-corrected chi connectivity index (χ3v) is 1.40. The van der Waals surface area contributed by atoms with Crippen LogP contribution in [0.3, 0.4) is 0 Å². The van der Waals surface area contributed by atoms with Crippen LogP contribution >= 0.6 is 11.6 Å². The van der Waals surface area contributed by atoms with Gasteiger partial charge in [-0.2, -0.15) is 0 Å². The third kappa shape index (κ3) is 1.69. The van der Waals surface area contributed by atoms with Crippen LogP contribution in [0.25, 0.3) is 0 Å². The van der Waals surface area contributed by atoms with Crippen LogP contribution in [0.5, 0.6) is 0 Å². The van der Waals surface area contributed by atoms with Crippen LogP contribution in [-0.4, -0.2) is 10.9 Å². The standard InChI is InChI=1S/C6H5ClFN3O/c7-5-1-3(6(12)11-9)4(8)2-10-5/h1-2H,9H2,(H,11,12). The highest BCUT2D eigenvalue weighted by Crippen LogP contribution is 2.10. The highest BCUT2D eigenvalue weighted by atomic mass is 35.5. The molecule has 0 aliphatic heterocycles. The van der Waals surface area contributed by atoms with Gasteiger partial charge in [0.05, 0.1) is 11.8 Å². The van der Waals surface area contributed by atoms with Crippen molar-refractivity contribution in [3.05, 3.63) is 28.8 Å². The number of halogens is 2. The Morgan fingerprint density at radius 2 is 2.42 bits per heavy atom. The monoisotopic (exact) mass is 189 g/mol. The van der Waals surface area contributed by atoms with E-state index < -0.39 is 11.7 Å². The fourth-order valence-corrected chi connectivity index (χ4v) is 0.823. The number of nitrogens with zero attached hydrogens (tertiary/aromatic N) is 1. The lowest BCUT2D eigenvalue weighted by atomic mass is 10.2. The molecular weight excluding hydrogens is 185 g/mol. The number of nitrogens with one attached hydrogen (secondary N) is 1. The summed E-state index contributed by atoms with van der Waals surface area (Å²) in [5.74, 6) is 3.29. The summed E-state index contributed by atoms with van der Waals surface area (Å²) in [6.07, 6.45) is 0.854. The lowest BCUT2D eigenvalue weighted by Crippen LogP contribution is -2.30. The van der Waals surface area contributed by atoms with Crippen LogP contribution in [0.4, 0.5) is 4.39 Å². The first kappa shape index (κ1) is 8.89. The number of carbonyl (C=O) groups is 1. The number of carbonyl (C=O) groups excluding carboxylic acids is 1. The van der Waals surface area contributed by atoms with E-state index >= 15 is 0 Å². The van der Waals surface area contributed by atoms with Gasteiger partial charge in [-0.1, -0.05) is 11.6 Å². The van der Waals surface area contributed by atoms with Gasteiger partial charge in [-0.05, 0) is 6.07 Å². The zero-order valence-corrected chi connectivity index (χ0v) is 6.60. The molecule has 0 aliphatic carbocycles. The molecule has 0 aliphatic rings. The summed E-state index contributed by atoms with van der Waals surface area (Å²) in [5.41, 5.74) is 1.56. The van der Waals surface area contributed by atoms with Crippen LogP contribution in [0.15, 0.2) is 12.3 Å². The first-order chi connectivity index (χ1) is 5.65. The maximum atomic E-state index is 12.8. The van der Waals surface area contributed by atoms with Gasteiger partial charge < -0.3 is 0 Å². The number of aromatic nitrogens is 1. The molecule has 1 heterocycles. The summed E-state index contributed by atoms with van der Waals surface area (Å²) in [5, 5.41) is 0.0370. The second kappa shape index (κ2) is 3.46. The van der Waals surface area contributed by atoms with E-state index in [4.69, 9.17) is 17.4 Å². The number of hydrazine groups is 1. The van der Waals surface area contributed by atoms with Crippen molar-refractivity contribution >= 4 is 17.5 Å². The van der Waals surface area contributed by atoms with Gasteiger partial charge in [0.1, 0.15) is 5.15 Å². The second-order valence-electron chi connectivity index (χ2n) is 1.96. The van der Waals surface area contributed by atoms with E-state index in [1.807, 2.05) is 0 Å². The number of hydrogen-bond donors (Lipinski definition) is 2. The maximum Gasteiger partial charge on any atom is 0.268 e. The van der Waals surface area contributed by atoms with Gasteiger partial charge in [0.15, 0.2) is 5.82 Å². The average molecular weight is 190 g/mol. The molecule has 3 N–H and O–H groups in total. The minimum absolute atomic E-state index is 0.0370. The molecule has 1 amide bonds. The van der Waals surface area contributed by atoms with Crippen molar-refractivity contribution in [2.75, 3.05) is 0 Å². The SMILES string of the molecule is NNC(=O)c1cc(Cl)ncc1F. The Kier molecular flexibility index (Phi) is 2.57. The lowest BCUT2D eigenvalue weighted by Gasteiger charge is -2.00. The molecule has 1 rings (SSSR count). The van der Waals surface area contributed by atoms with Gasteiger partial charge >= 0.3 is 0 Å². The minimum Gasteiger partial charge on any atom is -0.290 e. The van der Waals surface area contributed by atoms with E-state index in [0.717, 1.165) is 12.3 Å². The number of pyridine rings is 1. The van der Waals surface area contributed by atoms with Gasteiger partial charge in [0.25, 0.3) is 5.91 Å². The van der Waals surface area contributed by atoms with Crippen molar-refractivity contribution in [1.82, 2.24) is 10.4 Å². The molecule has 0 saturated heterocycles. The van der Waals surface area contributed by atoms with E-state index in [0.29, 0.717) is 0 Å². The van der Waals surface area contributed by atoms with Gasteiger partial charge in [-0.3, -0.25) is 10.2 Å². The predicted molar refractivity (Wildman–Crippen MR) is 40.9 cm³/mol. The van der Waals surface area contributed by atoms with Crippen molar-refractivity contribution in [2.24, 2.45) is 5.84 Å². The van der Waals surface area contributed by atoms with Crippen LogP contribution < -0.4 is 11.3 Å². The zero-order chi connectivity index (χ0) is 9.14. The molecule has 64 valence electrons. The molecule has 6 heteroatoms. The van der Waals surface area contributed by atoms with Crippen molar-refractivity contribution in [3.63, 3.8) is 0 Å². The molecule has 1 aromatic heterocycles. The molecule has 0 radical (unpaired) electrons. The Hall–Kier alpha value is -1.20. The Bertz CT molecular complexity index is 318. The fourth-order valence-electron chi connectivity index (χ4n) is 0.665. The molecule has 0 saturated carbocycles. The molecule has 12 heavy (non-hydrogen) atoms. The molecule has 0 fully saturated rings. The van der Waals surface area contributed by atoms with E-state index in [-0.39, 0.29) is 10.7 Å². The molecule has 1 aromatic rings. The summed E-state index contributed by atoms with van der Waals surface area (Å²) in [6.45, 7) is 0. The van der Waals surface area contributed by atoms with E-state index in [1.54, 1.807) is 5.43 Å². The second-order valence-corrected chi connectivity index (χ2v) is 2.35.